The van der Waals surface area contributed by atoms with Gasteiger partial charge in [0.25, 0.3) is 0 Å². The second-order valence-corrected chi connectivity index (χ2v) is 6.15. The first-order chi connectivity index (χ1) is 10.2. The van der Waals surface area contributed by atoms with Gasteiger partial charge in [-0.1, -0.05) is 22.9 Å². The standard InChI is InChI=1S/C16H23N3O2/c1-11-2-3-15-13(8-11)9-14(21-15)10-19-6-4-12(5-7-19)16(17)18-20/h2-3,8,12,14,20H,4-7,9-10H2,1H3,(H2,17,18). The molecule has 2 aliphatic heterocycles. The van der Waals surface area contributed by atoms with Gasteiger partial charge in [-0.3, -0.25) is 4.90 Å². The lowest BCUT2D eigenvalue weighted by Gasteiger charge is -2.32. The van der Waals surface area contributed by atoms with Crippen molar-refractivity contribution in [1.29, 1.82) is 0 Å². The molecule has 2 aliphatic rings. The van der Waals surface area contributed by atoms with Crippen molar-refractivity contribution in [3.8, 4) is 5.75 Å². The molecule has 2 heterocycles. The molecule has 0 radical (unpaired) electrons. The van der Waals surface area contributed by atoms with E-state index in [1.54, 1.807) is 0 Å². The summed E-state index contributed by atoms with van der Waals surface area (Å²) in [4.78, 5) is 2.42. The molecule has 0 saturated carbocycles. The molecule has 1 unspecified atom stereocenters. The van der Waals surface area contributed by atoms with Crippen molar-refractivity contribution in [1.82, 2.24) is 4.90 Å². The van der Waals surface area contributed by atoms with Crippen molar-refractivity contribution in [3.63, 3.8) is 0 Å². The molecule has 5 nitrogen and oxygen atoms in total. The predicted octanol–water partition coefficient (Wildman–Crippen LogP) is 1.76. The maximum atomic E-state index is 8.73. The summed E-state index contributed by atoms with van der Waals surface area (Å²) in [7, 11) is 0. The smallest absolute Gasteiger partial charge is 0.142 e. The van der Waals surface area contributed by atoms with E-state index in [1.807, 2.05) is 0 Å². The lowest BCUT2D eigenvalue weighted by atomic mass is 9.95. The summed E-state index contributed by atoms with van der Waals surface area (Å²) in [5, 5.41) is 11.9. The molecule has 0 amide bonds. The fraction of sp³-hybridized carbons (Fsp3) is 0.562. The molecule has 3 N–H and O–H groups in total. The zero-order chi connectivity index (χ0) is 14.8. The highest BCUT2D eigenvalue weighted by atomic mass is 16.5. The van der Waals surface area contributed by atoms with E-state index in [1.165, 1.54) is 11.1 Å². The van der Waals surface area contributed by atoms with Crippen LogP contribution in [-0.2, 0) is 6.42 Å². The van der Waals surface area contributed by atoms with E-state index < -0.39 is 0 Å². The fourth-order valence-electron chi connectivity index (χ4n) is 3.33. The van der Waals surface area contributed by atoms with Crippen LogP contribution in [0.25, 0.3) is 0 Å². The molecule has 0 aromatic heterocycles. The fourth-order valence-corrected chi connectivity index (χ4v) is 3.33. The number of fused-ring (bicyclic) bond motifs is 1. The first-order valence-corrected chi connectivity index (χ1v) is 7.61. The van der Waals surface area contributed by atoms with Crippen LogP contribution in [0.3, 0.4) is 0 Å². The number of nitrogens with two attached hydrogens (primary N) is 1. The SMILES string of the molecule is Cc1ccc2c(c1)CC(CN1CCC(C(N)=NO)CC1)O2. The number of ether oxygens (including phenoxy) is 1. The molecule has 1 atom stereocenters. The van der Waals surface area contributed by atoms with E-state index in [4.69, 9.17) is 15.7 Å². The van der Waals surface area contributed by atoms with Crippen LogP contribution in [0.1, 0.15) is 24.0 Å². The normalized spacial score (nSPS) is 23.9. The van der Waals surface area contributed by atoms with Crippen molar-refractivity contribution in [2.75, 3.05) is 19.6 Å². The Morgan fingerprint density at radius 2 is 2.19 bits per heavy atom. The van der Waals surface area contributed by atoms with E-state index in [0.29, 0.717) is 5.84 Å². The monoisotopic (exact) mass is 289 g/mol. The largest absolute Gasteiger partial charge is 0.488 e. The molecule has 1 fully saturated rings. The topological polar surface area (TPSA) is 71.1 Å². The van der Waals surface area contributed by atoms with E-state index in [-0.39, 0.29) is 12.0 Å². The molecule has 1 saturated heterocycles. The van der Waals surface area contributed by atoms with Gasteiger partial charge in [0.1, 0.15) is 17.7 Å². The van der Waals surface area contributed by atoms with Crippen LogP contribution in [0.2, 0.25) is 0 Å². The molecule has 0 spiro atoms. The van der Waals surface area contributed by atoms with Gasteiger partial charge in [-0.2, -0.15) is 0 Å². The Hall–Kier alpha value is -1.75. The molecule has 114 valence electrons. The van der Waals surface area contributed by atoms with Gasteiger partial charge in [-0.05, 0) is 44.5 Å². The number of hydrogen-bond acceptors (Lipinski definition) is 4. The summed E-state index contributed by atoms with van der Waals surface area (Å²) in [6.07, 6.45) is 3.16. The third kappa shape index (κ3) is 3.13. The van der Waals surface area contributed by atoms with Gasteiger partial charge in [-0.25, -0.2) is 0 Å². The van der Waals surface area contributed by atoms with Crippen molar-refractivity contribution in [2.45, 2.75) is 32.3 Å². The Morgan fingerprint density at radius 1 is 1.43 bits per heavy atom. The van der Waals surface area contributed by atoms with Crippen LogP contribution < -0.4 is 10.5 Å². The van der Waals surface area contributed by atoms with Crippen LogP contribution in [0.4, 0.5) is 0 Å². The summed E-state index contributed by atoms with van der Waals surface area (Å²) < 4.78 is 6.03. The zero-order valence-electron chi connectivity index (χ0n) is 12.5. The molecule has 21 heavy (non-hydrogen) atoms. The third-order valence-corrected chi connectivity index (χ3v) is 4.54. The average molecular weight is 289 g/mol. The van der Waals surface area contributed by atoms with Gasteiger partial charge in [-0.15, -0.1) is 0 Å². The highest BCUT2D eigenvalue weighted by Gasteiger charge is 2.28. The van der Waals surface area contributed by atoms with Gasteiger partial charge < -0.3 is 15.7 Å². The van der Waals surface area contributed by atoms with E-state index in [0.717, 1.165) is 44.6 Å². The molecule has 1 aromatic carbocycles. The number of oxime groups is 1. The Labute approximate surface area is 125 Å². The van der Waals surface area contributed by atoms with Gasteiger partial charge >= 0.3 is 0 Å². The Bertz CT molecular complexity index is 536. The lowest BCUT2D eigenvalue weighted by Crippen LogP contribution is -2.42. The molecule has 0 aliphatic carbocycles. The first-order valence-electron chi connectivity index (χ1n) is 7.61. The van der Waals surface area contributed by atoms with Gasteiger partial charge in [0, 0.05) is 18.9 Å². The molecular formula is C16H23N3O2. The second-order valence-electron chi connectivity index (χ2n) is 6.15. The summed E-state index contributed by atoms with van der Waals surface area (Å²) in [5.74, 6) is 1.63. The van der Waals surface area contributed by atoms with Crippen molar-refractivity contribution in [2.24, 2.45) is 16.8 Å². The highest BCUT2D eigenvalue weighted by molar-refractivity contribution is 5.82. The Balaban J connectivity index is 1.51. The Morgan fingerprint density at radius 3 is 2.90 bits per heavy atom. The number of benzene rings is 1. The van der Waals surface area contributed by atoms with E-state index >= 15 is 0 Å². The molecular weight excluding hydrogens is 266 g/mol. The van der Waals surface area contributed by atoms with Crippen molar-refractivity contribution < 1.29 is 9.94 Å². The van der Waals surface area contributed by atoms with Crippen LogP contribution >= 0.6 is 0 Å². The summed E-state index contributed by atoms with van der Waals surface area (Å²) in [5.41, 5.74) is 8.30. The predicted molar refractivity (Wildman–Crippen MR) is 81.9 cm³/mol. The van der Waals surface area contributed by atoms with Gasteiger partial charge in [0.15, 0.2) is 0 Å². The summed E-state index contributed by atoms with van der Waals surface area (Å²) in [6, 6.07) is 6.40. The maximum absolute atomic E-state index is 8.73. The summed E-state index contributed by atoms with van der Waals surface area (Å²) >= 11 is 0. The highest BCUT2D eigenvalue weighted by Crippen LogP contribution is 2.30. The first kappa shape index (κ1) is 14.2. The number of amidine groups is 1. The van der Waals surface area contributed by atoms with Crippen molar-refractivity contribution in [3.05, 3.63) is 29.3 Å². The van der Waals surface area contributed by atoms with Crippen LogP contribution in [0.15, 0.2) is 23.4 Å². The van der Waals surface area contributed by atoms with Gasteiger partial charge in [0.2, 0.25) is 0 Å². The molecule has 1 aromatic rings. The van der Waals surface area contributed by atoms with Crippen LogP contribution in [0, 0.1) is 12.8 Å². The zero-order valence-corrected chi connectivity index (χ0v) is 12.5. The minimum Gasteiger partial charge on any atom is -0.488 e. The summed E-state index contributed by atoms with van der Waals surface area (Å²) in [6.45, 7) is 5.04. The van der Waals surface area contributed by atoms with Crippen LogP contribution in [0.5, 0.6) is 5.75 Å². The maximum Gasteiger partial charge on any atom is 0.142 e. The number of aryl methyl sites for hydroxylation is 1. The lowest BCUT2D eigenvalue weighted by molar-refractivity contribution is 0.126. The second kappa shape index (κ2) is 5.93. The number of rotatable bonds is 3. The number of nitrogens with zero attached hydrogens (tertiary/aromatic N) is 2. The van der Waals surface area contributed by atoms with E-state index in [2.05, 4.69) is 35.2 Å². The van der Waals surface area contributed by atoms with Crippen LogP contribution in [-0.4, -0.2) is 41.7 Å². The molecule has 3 rings (SSSR count). The third-order valence-electron chi connectivity index (χ3n) is 4.54. The average Bonchev–Trinajstić information content (AvgIpc) is 2.88. The molecule has 5 heteroatoms. The minimum atomic E-state index is 0.218. The quantitative estimate of drug-likeness (QED) is 0.385. The van der Waals surface area contributed by atoms with E-state index in [9.17, 15) is 0 Å². The number of hydrogen-bond donors (Lipinski definition) is 2. The van der Waals surface area contributed by atoms with Gasteiger partial charge in [0.05, 0.1) is 0 Å². The number of piperidine rings is 1. The number of likely N-dealkylation sites (tertiary alicyclic amines) is 1. The minimum absolute atomic E-state index is 0.218. The Kier molecular flexibility index (Phi) is 4.01. The molecule has 0 bridgehead atoms. The van der Waals surface area contributed by atoms with Crippen molar-refractivity contribution >= 4 is 5.84 Å².